The van der Waals surface area contributed by atoms with Gasteiger partial charge in [0.05, 0.1) is 23.4 Å². The summed E-state index contributed by atoms with van der Waals surface area (Å²) >= 11 is 0. The first-order chi connectivity index (χ1) is 9.75. The molecule has 2 aromatic carbocycles. The zero-order valence-corrected chi connectivity index (χ0v) is 12.0. The van der Waals surface area contributed by atoms with Crippen LogP contribution in [0.25, 0.3) is 11.0 Å². The molecule has 3 aromatic rings. The van der Waals surface area contributed by atoms with Crippen molar-refractivity contribution in [2.75, 3.05) is 0 Å². The molecule has 0 saturated carbocycles. The molecule has 0 spiro atoms. The predicted molar refractivity (Wildman–Crippen MR) is 83.8 cm³/mol. The zero-order chi connectivity index (χ0) is 13.9. The first-order valence-electron chi connectivity index (χ1n) is 7.22. The molecule has 1 heterocycles. The van der Waals surface area contributed by atoms with Crippen molar-refractivity contribution in [2.24, 2.45) is 5.92 Å². The molecule has 0 fully saturated rings. The van der Waals surface area contributed by atoms with Crippen LogP contribution in [0.3, 0.4) is 0 Å². The van der Waals surface area contributed by atoms with Gasteiger partial charge in [-0.2, -0.15) is 0 Å². The number of nitrogens with zero attached hydrogens (tertiary/aromatic N) is 2. The lowest BCUT2D eigenvalue weighted by Gasteiger charge is -2.22. The molecule has 2 nitrogen and oxygen atoms in total. The van der Waals surface area contributed by atoms with Crippen molar-refractivity contribution in [2.45, 2.75) is 26.3 Å². The molecular formula is C18H20N2. The number of rotatable bonds is 4. The van der Waals surface area contributed by atoms with Crippen molar-refractivity contribution >= 4 is 11.0 Å². The van der Waals surface area contributed by atoms with E-state index in [9.17, 15) is 0 Å². The Labute approximate surface area is 120 Å². The van der Waals surface area contributed by atoms with Crippen LogP contribution in [0.15, 0.2) is 60.9 Å². The number of benzene rings is 2. The molecule has 0 aliphatic carbocycles. The molecular weight excluding hydrogens is 244 g/mol. The lowest BCUT2D eigenvalue weighted by atomic mass is 9.96. The maximum atomic E-state index is 4.54. The fourth-order valence-electron chi connectivity index (χ4n) is 2.76. The Kier molecular flexibility index (Phi) is 3.55. The van der Waals surface area contributed by atoms with Crippen LogP contribution in [0, 0.1) is 5.92 Å². The van der Waals surface area contributed by atoms with Crippen molar-refractivity contribution in [3.05, 3.63) is 66.5 Å². The summed E-state index contributed by atoms with van der Waals surface area (Å²) in [6, 6.07) is 19.4. The largest absolute Gasteiger partial charge is 0.323 e. The van der Waals surface area contributed by atoms with E-state index in [1.807, 2.05) is 12.4 Å². The van der Waals surface area contributed by atoms with E-state index < -0.39 is 0 Å². The van der Waals surface area contributed by atoms with Crippen LogP contribution in [-0.2, 0) is 0 Å². The van der Waals surface area contributed by atoms with E-state index in [-0.39, 0.29) is 0 Å². The minimum absolute atomic E-state index is 0.351. The van der Waals surface area contributed by atoms with Crippen molar-refractivity contribution in [3.8, 4) is 0 Å². The summed E-state index contributed by atoms with van der Waals surface area (Å²) in [6.07, 6.45) is 3.09. The van der Waals surface area contributed by atoms with E-state index in [0.29, 0.717) is 12.0 Å². The summed E-state index contributed by atoms with van der Waals surface area (Å²) in [6.45, 7) is 4.55. The maximum Gasteiger partial charge on any atom is 0.0964 e. The van der Waals surface area contributed by atoms with Crippen molar-refractivity contribution < 1.29 is 0 Å². The van der Waals surface area contributed by atoms with Crippen LogP contribution in [0.2, 0.25) is 0 Å². The molecule has 0 bridgehead atoms. The fraction of sp³-hybridized carbons (Fsp3) is 0.278. The van der Waals surface area contributed by atoms with E-state index in [0.717, 1.165) is 11.9 Å². The van der Waals surface area contributed by atoms with Gasteiger partial charge in [-0.1, -0.05) is 56.3 Å². The van der Waals surface area contributed by atoms with Crippen LogP contribution in [-0.4, -0.2) is 9.55 Å². The second-order valence-electron chi connectivity index (χ2n) is 5.70. The molecule has 1 aromatic heterocycles. The monoisotopic (exact) mass is 264 g/mol. The molecule has 102 valence electrons. The van der Waals surface area contributed by atoms with Crippen LogP contribution in [0.5, 0.6) is 0 Å². The van der Waals surface area contributed by atoms with Crippen LogP contribution < -0.4 is 0 Å². The minimum Gasteiger partial charge on any atom is -0.323 e. The molecule has 1 unspecified atom stereocenters. The highest BCUT2D eigenvalue weighted by molar-refractivity contribution is 5.75. The molecule has 0 aliphatic rings. The Hall–Kier alpha value is -2.09. The van der Waals surface area contributed by atoms with Crippen LogP contribution in [0.4, 0.5) is 0 Å². The van der Waals surface area contributed by atoms with Crippen molar-refractivity contribution in [3.63, 3.8) is 0 Å². The summed E-state index contributed by atoms with van der Waals surface area (Å²) < 4.78 is 2.31. The summed E-state index contributed by atoms with van der Waals surface area (Å²) in [5.74, 6) is 0.640. The SMILES string of the molecule is CC(C)CC(c1ccccc1)n1cnc2ccccc21. The molecule has 20 heavy (non-hydrogen) atoms. The lowest BCUT2D eigenvalue weighted by molar-refractivity contribution is 0.459. The van der Waals surface area contributed by atoms with Gasteiger partial charge in [0.15, 0.2) is 0 Å². The van der Waals surface area contributed by atoms with Gasteiger partial charge in [-0.25, -0.2) is 4.98 Å². The Balaban J connectivity index is 2.09. The molecule has 1 atom stereocenters. The third-order valence-corrected chi connectivity index (χ3v) is 3.70. The Morgan fingerprint density at radius 3 is 2.40 bits per heavy atom. The van der Waals surface area contributed by atoms with E-state index in [1.54, 1.807) is 0 Å². The first-order valence-corrected chi connectivity index (χ1v) is 7.22. The van der Waals surface area contributed by atoms with Gasteiger partial charge in [-0.15, -0.1) is 0 Å². The predicted octanol–water partition coefficient (Wildman–Crippen LogP) is 4.67. The van der Waals surface area contributed by atoms with E-state index in [1.165, 1.54) is 11.1 Å². The summed E-state index contributed by atoms with van der Waals surface area (Å²) in [7, 11) is 0. The number of hydrogen-bond donors (Lipinski definition) is 0. The summed E-state index contributed by atoms with van der Waals surface area (Å²) in [5.41, 5.74) is 3.63. The maximum absolute atomic E-state index is 4.54. The molecule has 0 N–H and O–H groups in total. The number of para-hydroxylation sites is 2. The highest BCUT2D eigenvalue weighted by Gasteiger charge is 2.17. The van der Waals surface area contributed by atoms with Crippen molar-refractivity contribution in [1.29, 1.82) is 0 Å². The normalized spacial score (nSPS) is 12.9. The van der Waals surface area contributed by atoms with Gasteiger partial charge in [-0.05, 0) is 30.0 Å². The van der Waals surface area contributed by atoms with Gasteiger partial charge in [0.2, 0.25) is 0 Å². The minimum atomic E-state index is 0.351. The molecule has 0 aliphatic heterocycles. The quantitative estimate of drug-likeness (QED) is 0.669. The molecule has 0 saturated heterocycles. The highest BCUT2D eigenvalue weighted by Crippen LogP contribution is 2.29. The first kappa shape index (κ1) is 12.9. The summed E-state index contributed by atoms with van der Waals surface area (Å²) in [5, 5.41) is 0. The third-order valence-electron chi connectivity index (χ3n) is 3.70. The number of fused-ring (bicyclic) bond motifs is 1. The van der Waals surface area contributed by atoms with E-state index in [4.69, 9.17) is 0 Å². The van der Waals surface area contributed by atoms with Gasteiger partial charge >= 0.3 is 0 Å². The van der Waals surface area contributed by atoms with E-state index >= 15 is 0 Å². The number of aromatic nitrogens is 2. The second kappa shape index (κ2) is 5.49. The standard InChI is InChI=1S/C18H20N2/c1-14(2)12-18(15-8-4-3-5-9-15)20-13-19-16-10-6-7-11-17(16)20/h3-11,13-14,18H,12H2,1-2H3. The van der Waals surface area contributed by atoms with Gasteiger partial charge in [0.1, 0.15) is 0 Å². The zero-order valence-electron chi connectivity index (χ0n) is 12.0. The molecule has 2 heteroatoms. The van der Waals surface area contributed by atoms with Crippen LogP contribution >= 0.6 is 0 Å². The van der Waals surface area contributed by atoms with Gasteiger partial charge in [-0.3, -0.25) is 0 Å². The average molecular weight is 264 g/mol. The van der Waals surface area contributed by atoms with Crippen LogP contribution in [0.1, 0.15) is 31.9 Å². The smallest absolute Gasteiger partial charge is 0.0964 e. The lowest BCUT2D eigenvalue weighted by Crippen LogP contribution is -2.12. The molecule has 0 amide bonds. The third kappa shape index (κ3) is 2.46. The fourth-order valence-corrected chi connectivity index (χ4v) is 2.76. The molecule has 3 rings (SSSR count). The summed E-state index contributed by atoms with van der Waals surface area (Å²) in [4.78, 5) is 4.54. The topological polar surface area (TPSA) is 17.8 Å². The van der Waals surface area contributed by atoms with Gasteiger partial charge < -0.3 is 4.57 Å². The Morgan fingerprint density at radius 1 is 0.950 bits per heavy atom. The van der Waals surface area contributed by atoms with E-state index in [2.05, 4.69) is 71.9 Å². The number of hydrogen-bond acceptors (Lipinski definition) is 1. The molecule has 0 radical (unpaired) electrons. The Bertz CT molecular complexity index is 683. The Morgan fingerprint density at radius 2 is 1.65 bits per heavy atom. The highest BCUT2D eigenvalue weighted by atomic mass is 15.1. The second-order valence-corrected chi connectivity index (χ2v) is 5.70. The van der Waals surface area contributed by atoms with Crippen molar-refractivity contribution in [1.82, 2.24) is 9.55 Å². The van der Waals surface area contributed by atoms with Gasteiger partial charge in [0, 0.05) is 0 Å². The van der Waals surface area contributed by atoms with Gasteiger partial charge in [0.25, 0.3) is 0 Å². The average Bonchev–Trinajstić information content (AvgIpc) is 2.89. The number of imidazole rings is 1.